The minimum atomic E-state index is -0.625. The van der Waals surface area contributed by atoms with Crippen LogP contribution in [-0.4, -0.2) is 52.7 Å². The summed E-state index contributed by atoms with van der Waals surface area (Å²) in [7, 11) is 4.75. The second kappa shape index (κ2) is 7.62. The van der Waals surface area contributed by atoms with Gasteiger partial charge in [0.05, 0.1) is 20.9 Å². The maximum atomic E-state index is 12.3. The monoisotopic (exact) mass is 375 g/mol. The molecule has 144 valence electrons. The normalized spacial score (nSPS) is 13.7. The Balaban J connectivity index is 1.65. The number of carbonyl (C=O) groups is 1. The van der Waals surface area contributed by atoms with Crippen molar-refractivity contribution in [3.63, 3.8) is 0 Å². The van der Waals surface area contributed by atoms with Crippen LogP contribution in [0.3, 0.4) is 0 Å². The maximum Gasteiger partial charge on any atom is 0.382 e. The van der Waals surface area contributed by atoms with Gasteiger partial charge < -0.3 is 29.5 Å². The summed E-state index contributed by atoms with van der Waals surface area (Å²) in [5, 5.41) is 13.5. The number of nitro groups is 1. The highest BCUT2D eigenvalue weighted by Crippen LogP contribution is 2.33. The number of nitrogens with one attached hydrogen (secondary N) is 1. The lowest BCUT2D eigenvalue weighted by molar-refractivity contribution is -0.389. The van der Waals surface area contributed by atoms with Gasteiger partial charge in [-0.1, -0.05) is 0 Å². The summed E-state index contributed by atoms with van der Waals surface area (Å²) in [4.78, 5) is 28.3. The van der Waals surface area contributed by atoms with Gasteiger partial charge in [-0.3, -0.25) is 9.69 Å². The molecule has 0 spiro atoms. The first kappa shape index (κ1) is 18.6. The molecule has 1 aliphatic heterocycles. The maximum absolute atomic E-state index is 12.3. The van der Waals surface area contributed by atoms with Crippen LogP contribution in [0.5, 0.6) is 11.5 Å². The SMILES string of the molecule is COc1cc2c(cc1OC)CN(CNC(=O)c1nc([N+](=O)[O-])cn1C)CC2. The van der Waals surface area contributed by atoms with E-state index in [0.29, 0.717) is 24.7 Å². The minimum Gasteiger partial charge on any atom is -0.493 e. The third kappa shape index (κ3) is 3.85. The summed E-state index contributed by atoms with van der Waals surface area (Å²) >= 11 is 0. The van der Waals surface area contributed by atoms with E-state index in [1.165, 1.54) is 16.3 Å². The number of fused-ring (bicyclic) bond motifs is 1. The topological polar surface area (TPSA) is 112 Å². The van der Waals surface area contributed by atoms with Crippen molar-refractivity contribution >= 4 is 11.7 Å². The molecule has 27 heavy (non-hydrogen) atoms. The van der Waals surface area contributed by atoms with Crippen molar-refractivity contribution in [1.29, 1.82) is 0 Å². The Kier molecular flexibility index (Phi) is 5.26. The highest BCUT2D eigenvalue weighted by molar-refractivity contribution is 5.91. The van der Waals surface area contributed by atoms with Crippen LogP contribution in [-0.2, 0) is 20.0 Å². The molecule has 0 fully saturated rings. The van der Waals surface area contributed by atoms with E-state index in [4.69, 9.17) is 9.47 Å². The molecule has 1 N–H and O–H groups in total. The van der Waals surface area contributed by atoms with Gasteiger partial charge in [0.1, 0.15) is 6.20 Å². The molecule has 0 bridgehead atoms. The van der Waals surface area contributed by atoms with Crippen LogP contribution in [0, 0.1) is 10.1 Å². The fourth-order valence-corrected chi connectivity index (χ4v) is 3.09. The number of nitrogens with zero attached hydrogens (tertiary/aromatic N) is 4. The van der Waals surface area contributed by atoms with Crippen LogP contribution in [0.4, 0.5) is 5.82 Å². The van der Waals surface area contributed by atoms with Crippen LogP contribution < -0.4 is 14.8 Å². The molecule has 10 nitrogen and oxygen atoms in total. The zero-order valence-electron chi connectivity index (χ0n) is 15.4. The zero-order valence-corrected chi connectivity index (χ0v) is 15.4. The number of benzene rings is 1. The highest BCUT2D eigenvalue weighted by Gasteiger charge is 2.24. The lowest BCUT2D eigenvalue weighted by atomic mass is 9.99. The van der Waals surface area contributed by atoms with Crippen molar-refractivity contribution < 1.29 is 19.2 Å². The zero-order chi connectivity index (χ0) is 19.6. The van der Waals surface area contributed by atoms with Gasteiger partial charge in [-0.2, -0.15) is 0 Å². The first-order valence-corrected chi connectivity index (χ1v) is 8.35. The number of aromatic nitrogens is 2. The predicted molar refractivity (Wildman–Crippen MR) is 95.9 cm³/mol. The molecular formula is C17H21N5O5. The van der Waals surface area contributed by atoms with Gasteiger partial charge in [0.25, 0.3) is 0 Å². The van der Waals surface area contributed by atoms with Crippen molar-refractivity contribution in [2.45, 2.75) is 13.0 Å². The molecular weight excluding hydrogens is 354 g/mol. The van der Waals surface area contributed by atoms with E-state index in [1.807, 2.05) is 12.1 Å². The Morgan fingerprint density at radius 3 is 2.56 bits per heavy atom. The number of carbonyl (C=O) groups excluding carboxylic acids is 1. The number of hydrogen-bond acceptors (Lipinski definition) is 7. The van der Waals surface area contributed by atoms with Gasteiger partial charge in [-0.05, 0) is 39.6 Å². The molecule has 10 heteroatoms. The predicted octanol–water partition coefficient (Wildman–Crippen LogP) is 1.09. The molecule has 3 rings (SSSR count). The van der Waals surface area contributed by atoms with Crippen molar-refractivity contribution in [3.05, 3.63) is 45.4 Å². The molecule has 0 unspecified atom stereocenters. The largest absolute Gasteiger partial charge is 0.493 e. The second-order valence-corrected chi connectivity index (χ2v) is 6.23. The average molecular weight is 375 g/mol. The van der Waals surface area contributed by atoms with Gasteiger partial charge in [0.2, 0.25) is 0 Å². The van der Waals surface area contributed by atoms with Gasteiger partial charge in [-0.25, -0.2) is 0 Å². The summed E-state index contributed by atoms with van der Waals surface area (Å²) in [6.07, 6.45) is 2.03. The Hall–Kier alpha value is -3.14. The number of imidazole rings is 1. The third-order valence-electron chi connectivity index (χ3n) is 4.51. The summed E-state index contributed by atoms with van der Waals surface area (Å²) in [6.45, 7) is 1.73. The second-order valence-electron chi connectivity index (χ2n) is 6.23. The van der Waals surface area contributed by atoms with Crippen LogP contribution in [0.2, 0.25) is 0 Å². The van der Waals surface area contributed by atoms with Crippen LogP contribution >= 0.6 is 0 Å². The Morgan fingerprint density at radius 1 is 1.30 bits per heavy atom. The van der Waals surface area contributed by atoms with Crippen LogP contribution in [0.25, 0.3) is 0 Å². The molecule has 2 heterocycles. The first-order valence-electron chi connectivity index (χ1n) is 8.35. The standard InChI is InChI=1S/C17H21N5O5/c1-20-9-15(22(24)25)19-16(20)17(23)18-10-21-5-4-11-6-13(26-2)14(27-3)7-12(11)8-21/h6-7,9H,4-5,8,10H2,1-3H3,(H,18,23). The number of hydrogen-bond donors (Lipinski definition) is 1. The van der Waals surface area contributed by atoms with Crippen LogP contribution in [0.15, 0.2) is 18.3 Å². The molecule has 0 saturated heterocycles. The average Bonchev–Trinajstić information content (AvgIpc) is 3.06. The van der Waals surface area contributed by atoms with Crippen molar-refractivity contribution in [2.24, 2.45) is 7.05 Å². The highest BCUT2D eigenvalue weighted by atomic mass is 16.6. The summed E-state index contributed by atoms with van der Waals surface area (Å²) in [5.74, 6) is 0.571. The number of aryl methyl sites for hydroxylation is 1. The molecule has 0 saturated carbocycles. The van der Waals surface area contributed by atoms with E-state index in [0.717, 1.165) is 18.5 Å². The van der Waals surface area contributed by atoms with Gasteiger partial charge in [0, 0.05) is 20.1 Å². The van der Waals surface area contributed by atoms with Gasteiger partial charge >= 0.3 is 17.5 Å². The first-order chi connectivity index (χ1) is 12.9. The minimum absolute atomic E-state index is 0.00511. The fraction of sp³-hybridized carbons (Fsp3) is 0.412. The van der Waals surface area contributed by atoms with Crippen molar-refractivity contribution in [2.75, 3.05) is 27.4 Å². The molecule has 1 aromatic carbocycles. The molecule has 2 aromatic rings. The Morgan fingerprint density at radius 2 is 1.96 bits per heavy atom. The van der Waals surface area contributed by atoms with Gasteiger partial charge in [-0.15, -0.1) is 0 Å². The molecule has 1 amide bonds. The molecule has 0 atom stereocenters. The van der Waals surface area contributed by atoms with Crippen molar-refractivity contribution in [1.82, 2.24) is 19.8 Å². The van der Waals surface area contributed by atoms with E-state index >= 15 is 0 Å². The molecule has 1 aliphatic rings. The van der Waals surface area contributed by atoms with E-state index in [2.05, 4.69) is 15.2 Å². The van der Waals surface area contributed by atoms with E-state index < -0.39 is 10.8 Å². The smallest absolute Gasteiger partial charge is 0.382 e. The fourth-order valence-electron chi connectivity index (χ4n) is 3.09. The number of ether oxygens (including phenoxy) is 2. The van der Waals surface area contributed by atoms with Crippen molar-refractivity contribution in [3.8, 4) is 11.5 Å². The Labute approximate surface area is 155 Å². The number of amides is 1. The Bertz CT molecular complexity index is 879. The van der Waals surface area contributed by atoms with E-state index in [-0.39, 0.29) is 11.6 Å². The summed E-state index contributed by atoms with van der Waals surface area (Å²) in [6, 6.07) is 3.93. The number of rotatable bonds is 6. The third-order valence-corrected chi connectivity index (χ3v) is 4.51. The molecule has 0 radical (unpaired) electrons. The van der Waals surface area contributed by atoms with Gasteiger partial charge in [0.15, 0.2) is 11.5 Å². The lowest BCUT2D eigenvalue weighted by Crippen LogP contribution is -2.41. The van der Waals surface area contributed by atoms with E-state index in [1.54, 1.807) is 21.3 Å². The lowest BCUT2D eigenvalue weighted by Gasteiger charge is -2.29. The number of methoxy groups -OCH3 is 2. The quantitative estimate of drug-likeness (QED) is 0.594. The summed E-state index contributed by atoms with van der Waals surface area (Å²) in [5.41, 5.74) is 2.30. The van der Waals surface area contributed by atoms with E-state index in [9.17, 15) is 14.9 Å². The van der Waals surface area contributed by atoms with Crippen LogP contribution in [0.1, 0.15) is 21.7 Å². The molecule has 1 aromatic heterocycles. The molecule has 0 aliphatic carbocycles. The summed E-state index contributed by atoms with van der Waals surface area (Å²) < 4.78 is 12.0.